The maximum atomic E-state index is 13.2. The Labute approximate surface area is 214 Å². The van der Waals surface area contributed by atoms with Crippen LogP contribution in [-0.2, 0) is 6.42 Å². The van der Waals surface area contributed by atoms with Gasteiger partial charge in [-0.15, -0.1) is 22.7 Å². The van der Waals surface area contributed by atoms with E-state index < -0.39 is 5.91 Å². The molecule has 1 fully saturated rings. The molecule has 1 aromatic carbocycles. The van der Waals surface area contributed by atoms with Crippen molar-refractivity contribution in [3.05, 3.63) is 45.4 Å². The molecule has 0 spiro atoms. The van der Waals surface area contributed by atoms with Crippen LogP contribution >= 0.6 is 22.7 Å². The number of nitrogens with zero attached hydrogens (tertiary/aromatic N) is 4. The molecule has 0 atom stereocenters. The van der Waals surface area contributed by atoms with Gasteiger partial charge in [-0.2, -0.15) is 0 Å². The van der Waals surface area contributed by atoms with Crippen LogP contribution in [0.25, 0.3) is 10.6 Å². The Hall–Kier alpha value is -2.82. The molecule has 1 aliphatic rings. The Morgan fingerprint density at radius 1 is 1.14 bits per heavy atom. The molecule has 0 unspecified atom stereocenters. The van der Waals surface area contributed by atoms with Crippen LogP contribution in [0.4, 0.5) is 10.8 Å². The van der Waals surface area contributed by atoms with Gasteiger partial charge in [0, 0.05) is 36.3 Å². The lowest BCUT2D eigenvalue weighted by atomic mass is 10.0. The van der Waals surface area contributed by atoms with Gasteiger partial charge in [0.05, 0.1) is 16.3 Å². The number of aryl methyl sites for hydroxylation is 2. The van der Waals surface area contributed by atoms with Gasteiger partial charge in [0.1, 0.15) is 0 Å². The van der Waals surface area contributed by atoms with Gasteiger partial charge in [-0.05, 0) is 50.6 Å². The van der Waals surface area contributed by atoms with Crippen LogP contribution in [0.1, 0.15) is 58.1 Å². The second-order valence-electron chi connectivity index (χ2n) is 8.66. The number of aromatic nitrogens is 2. The Morgan fingerprint density at radius 2 is 1.97 bits per heavy atom. The number of thiazole rings is 2. The van der Waals surface area contributed by atoms with Gasteiger partial charge in [0.25, 0.3) is 5.91 Å². The quantitative estimate of drug-likeness (QED) is 0.459. The highest BCUT2D eigenvalue weighted by Crippen LogP contribution is 2.34. The maximum absolute atomic E-state index is 13.2. The molecule has 3 N–H and O–H groups in total. The summed E-state index contributed by atoms with van der Waals surface area (Å²) < 4.78 is 0. The topological polar surface area (TPSA) is 104 Å². The average molecular weight is 513 g/mol. The van der Waals surface area contributed by atoms with Gasteiger partial charge in [-0.25, -0.2) is 9.97 Å². The van der Waals surface area contributed by atoms with E-state index in [0.717, 1.165) is 79.5 Å². The van der Waals surface area contributed by atoms with E-state index in [1.54, 1.807) is 12.1 Å². The molecule has 10 heteroatoms. The minimum atomic E-state index is -0.458. The van der Waals surface area contributed by atoms with Crippen LogP contribution in [0.3, 0.4) is 0 Å². The SMILES string of the molecule is CCCc1ccc(C(N)=O)cc1Nc1nc(-c2sc(C(=O)N3CCCN(CC)CC3)nc2C)cs1. The Bertz CT molecular complexity index is 1200. The van der Waals surface area contributed by atoms with E-state index in [-0.39, 0.29) is 5.91 Å². The maximum Gasteiger partial charge on any atom is 0.282 e. The number of carbonyl (C=O) groups excluding carboxylic acids is 2. The molecule has 3 heterocycles. The minimum absolute atomic E-state index is 0.00311. The fraction of sp³-hybridized carbons (Fsp3) is 0.440. The van der Waals surface area contributed by atoms with Crippen molar-refractivity contribution in [3.63, 3.8) is 0 Å². The summed E-state index contributed by atoms with van der Waals surface area (Å²) in [5, 5.41) is 6.57. The van der Waals surface area contributed by atoms with Gasteiger partial charge in [-0.1, -0.05) is 26.3 Å². The van der Waals surface area contributed by atoms with Crippen LogP contribution in [0.2, 0.25) is 0 Å². The molecule has 1 saturated heterocycles. The first-order chi connectivity index (χ1) is 16.9. The van der Waals surface area contributed by atoms with Crippen molar-refractivity contribution in [1.82, 2.24) is 19.8 Å². The number of amides is 2. The van der Waals surface area contributed by atoms with Crippen molar-refractivity contribution in [2.45, 2.75) is 40.0 Å². The Kier molecular flexibility index (Phi) is 8.15. The van der Waals surface area contributed by atoms with Crippen LogP contribution in [-0.4, -0.2) is 64.3 Å². The molecule has 4 rings (SSSR count). The van der Waals surface area contributed by atoms with E-state index in [9.17, 15) is 9.59 Å². The molecule has 186 valence electrons. The van der Waals surface area contributed by atoms with Crippen LogP contribution in [0, 0.1) is 6.92 Å². The molecule has 1 aliphatic heterocycles. The number of benzene rings is 1. The number of primary amides is 1. The largest absolute Gasteiger partial charge is 0.366 e. The number of carbonyl (C=O) groups is 2. The summed E-state index contributed by atoms with van der Waals surface area (Å²) >= 11 is 2.88. The summed E-state index contributed by atoms with van der Waals surface area (Å²) in [5.74, 6) is -0.455. The number of hydrogen-bond acceptors (Lipinski definition) is 8. The van der Waals surface area contributed by atoms with Crippen molar-refractivity contribution >= 4 is 45.3 Å². The fourth-order valence-corrected chi connectivity index (χ4v) is 6.02. The van der Waals surface area contributed by atoms with E-state index >= 15 is 0 Å². The van der Waals surface area contributed by atoms with E-state index in [0.29, 0.717) is 15.7 Å². The van der Waals surface area contributed by atoms with Gasteiger partial charge >= 0.3 is 0 Å². The third-order valence-electron chi connectivity index (χ3n) is 6.19. The van der Waals surface area contributed by atoms with E-state index in [1.807, 2.05) is 23.3 Å². The van der Waals surface area contributed by atoms with Gasteiger partial charge in [0.15, 0.2) is 10.1 Å². The number of likely N-dealkylation sites (N-methyl/N-ethyl adjacent to an activating group) is 1. The highest BCUT2D eigenvalue weighted by molar-refractivity contribution is 7.18. The average Bonchev–Trinajstić information content (AvgIpc) is 3.38. The lowest BCUT2D eigenvalue weighted by molar-refractivity contribution is 0.0761. The lowest BCUT2D eigenvalue weighted by Crippen LogP contribution is -2.35. The second kappa shape index (κ2) is 11.3. The first kappa shape index (κ1) is 25.3. The molecular weight excluding hydrogens is 480 g/mol. The van der Waals surface area contributed by atoms with Gasteiger partial charge in [0.2, 0.25) is 5.91 Å². The summed E-state index contributed by atoms with van der Waals surface area (Å²) in [5.41, 5.74) is 9.49. The standard InChI is InChI=1S/C25H32N6O2S2/c1-4-7-17-8-9-18(22(26)32)14-19(17)28-25-29-20(15-34-25)21-16(3)27-23(35-21)24(33)31-11-6-10-30(5-2)12-13-31/h8-9,14-15H,4-7,10-13H2,1-3H3,(H2,26,32)(H,28,29). The third kappa shape index (κ3) is 5.88. The monoisotopic (exact) mass is 512 g/mol. The summed E-state index contributed by atoms with van der Waals surface area (Å²) in [4.78, 5) is 39.4. The first-order valence-corrected chi connectivity index (χ1v) is 13.7. The summed E-state index contributed by atoms with van der Waals surface area (Å²) in [6.45, 7) is 10.6. The van der Waals surface area contributed by atoms with E-state index in [2.05, 4.69) is 29.0 Å². The van der Waals surface area contributed by atoms with Crippen LogP contribution in [0.15, 0.2) is 23.6 Å². The lowest BCUT2D eigenvalue weighted by Gasteiger charge is -2.20. The minimum Gasteiger partial charge on any atom is -0.366 e. The van der Waals surface area contributed by atoms with E-state index in [4.69, 9.17) is 10.7 Å². The smallest absolute Gasteiger partial charge is 0.282 e. The third-order valence-corrected chi connectivity index (χ3v) is 8.12. The summed E-state index contributed by atoms with van der Waals surface area (Å²) in [6, 6.07) is 5.48. The van der Waals surface area contributed by atoms with E-state index in [1.165, 1.54) is 22.7 Å². The number of hydrogen-bond donors (Lipinski definition) is 2. The van der Waals surface area contributed by atoms with Gasteiger partial charge in [-0.3, -0.25) is 9.59 Å². The number of anilines is 2. The van der Waals surface area contributed by atoms with Gasteiger partial charge < -0.3 is 20.9 Å². The van der Waals surface area contributed by atoms with Crippen molar-refractivity contribution < 1.29 is 9.59 Å². The molecule has 2 amide bonds. The Morgan fingerprint density at radius 3 is 2.71 bits per heavy atom. The number of nitrogens with two attached hydrogens (primary N) is 1. The second-order valence-corrected chi connectivity index (χ2v) is 10.5. The zero-order valence-corrected chi connectivity index (χ0v) is 22.1. The number of rotatable bonds is 8. The van der Waals surface area contributed by atoms with Crippen LogP contribution < -0.4 is 11.1 Å². The fourth-order valence-electron chi connectivity index (χ4n) is 4.24. The molecule has 0 radical (unpaired) electrons. The van der Waals surface area contributed by atoms with Crippen molar-refractivity contribution in [2.24, 2.45) is 5.73 Å². The normalized spacial score (nSPS) is 14.7. The Balaban J connectivity index is 1.52. The summed E-state index contributed by atoms with van der Waals surface area (Å²) in [6.07, 6.45) is 2.85. The van der Waals surface area contributed by atoms with Crippen LogP contribution in [0.5, 0.6) is 0 Å². The van der Waals surface area contributed by atoms with Crippen molar-refractivity contribution in [1.29, 1.82) is 0 Å². The molecule has 0 bridgehead atoms. The molecule has 0 aliphatic carbocycles. The zero-order valence-electron chi connectivity index (χ0n) is 20.5. The zero-order chi connectivity index (χ0) is 24.9. The molecule has 3 aromatic rings. The predicted molar refractivity (Wildman–Crippen MR) is 143 cm³/mol. The molecule has 35 heavy (non-hydrogen) atoms. The highest BCUT2D eigenvalue weighted by atomic mass is 32.1. The van der Waals surface area contributed by atoms with Crippen molar-refractivity contribution in [3.8, 4) is 10.6 Å². The van der Waals surface area contributed by atoms with Crippen molar-refractivity contribution in [2.75, 3.05) is 38.0 Å². The number of nitrogens with one attached hydrogen (secondary N) is 1. The molecule has 2 aromatic heterocycles. The highest BCUT2D eigenvalue weighted by Gasteiger charge is 2.24. The first-order valence-electron chi connectivity index (χ1n) is 12.0. The predicted octanol–water partition coefficient (Wildman–Crippen LogP) is 4.54. The molecular formula is C25H32N6O2S2. The molecule has 0 saturated carbocycles. The summed E-state index contributed by atoms with van der Waals surface area (Å²) in [7, 11) is 0. The molecule has 8 nitrogen and oxygen atoms in total.